The average molecular weight is 532 g/mol. The molecule has 0 aliphatic carbocycles. The van der Waals surface area contributed by atoms with E-state index in [2.05, 4.69) is 15.9 Å². The average Bonchev–Trinajstić information content (AvgIpc) is 3.06. The summed E-state index contributed by atoms with van der Waals surface area (Å²) in [5.41, 5.74) is 0.245. The maximum Gasteiger partial charge on any atom is 0.312 e. The number of carbonyl (C=O) groups excluding carboxylic acids is 3. The molecule has 33 heavy (non-hydrogen) atoms. The fraction of sp³-hybridized carbons (Fsp3) is 0.292. The molecule has 0 radical (unpaired) electrons. The highest BCUT2D eigenvalue weighted by Gasteiger charge is 2.59. The van der Waals surface area contributed by atoms with Crippen LogP contribution in [0.5, 0.6) is 0 Å². The fourth-order valence-corrected chi connectivity index (χ4v) is 5.71. The van der Waals surface area contributed by atoms with Gasteiger partial charge in [-0.05, 0) is 46.6 Å². The Balaban J connectivity index is 1.90. The second kappa shape index (κ2) is 9.23. The lowest BCUT2D eigenvalue weighted by atomic mass is 9.93. The third-order valence-electron chi connectivity index (χ3n) is 5.82. The minimum absolute atomic E-state index is 0.0750. The summed E-state index contributed by atoms with van der Waals surface area (Å²) in [5.74, 6) is -1.32. The van der Waals surface area contributed by atoms with Crippen LogP contribution in [0, 0.1) is 0 Å². The van der Waals surface area contributed by atoms with Crippen LogP contribution in [0.3, 0.4) is 0 Å². The van der Waals surface area contributed by atoms with Gasteiger partial charge in [0.1, 0.15) is 6.42 Å². The van der Waals surface area contributed by atoms with Gasteiger partial charge in [-0.1, -0.05) is 42.1 Å². The lowest BCUT2D eigenvalue weighted by molar-refractivity contribution is -0.167. The highest BCUT2D eigenvalue weighted by molar-refractivity contribution is 9.10. The number of hydrogen-bond donors (Lipinski definition) is 0. The zero-order chi connectivity index (χ0) is 23.8. The number of amides is 1. The molecule has 0 aromatic heterocycles. The molecule has 0 saturated carbocycles. The van der Waals surface area contributed by atoms with Gasteiger partial charge in [0, 0.05) is 20.5 Å². The third-order valence-corrected chi connectivity index (χ3v) is 7.94. The van der Waals surface area contributed by atoms with Crippen molar-refractivity contribution in [3.63, 3.8) is 0 Å². The predicted octanol–water partition coefficient (Wildman–Crippen LogP) is 4.61. The lowest BCUT2D eigenvalue weighted by Gasteiger charge is -2.47. The number of fused-ring (bicyclic) bond motifs is 3. The molecule has 2 aromatic rings. The fourth-order valence-electron chi connectivity index (χ4n) is 4.19. The maximum absolute atomic E-state index is 13.6. The first-order valence-electron chi connectivity index (χ1n) is 10.2. The zero-order valence-corrected chi connectivity index (χ0v) is 20.7. The van der Waals surface area contributed by atoms with Gasteiger partial charge in [-0.15, -0.1) is 0 Å². The Bertz CT molecular complexity index is 1170. The van der Waals surface area contributed by atoms with E-state index in [9.17, 15) is 14.4 Å². The third kappa shape index (κ3) is 4.04. The monoisotopic (exact) mass is 531 g/mol. The van der Waals surface area contributed by atoms with E-state index in [1.54, 1.807) is 24.3 Å². The van der Waals surface area contributed by atoms with E-state index in [4.69, 9.17) is 14.2 Å². The molecule has 0 N–H and O–H groups in total. The van der Waals surface area contributed by atoms with Gasteiger partial charge < -0.3 is 14.2 Å². The molecule has 0 spiro atoms. The van der Waals surface area contributed by atoms with Crippen molar-refractivity contribution in [2.45, 2.75) is 36.4 Å². The summed E-state index contributed by atoms with van der Waals surface area (Å²) in [6.07, 6.45) is -0.300. The number of ether oxygens (including phenoxy) is 3. The summed E-state index contributed by atoms with van der Waals surface area (Å²) in [6, 6.07) is 14.0. The zero-order valence-electron chi connectivity index (χ0n) is 18.3. The molecule has 2 aliphatic heterocycles. The molecule has 2 aliphatic rings. The molecule has 9 heteroatoms. The Hall–Kier alpha value is -2.78. The van der Waals surface area contributed by atoms with Crippen LogP contribution in [0.1, 0.15) is 35.7 Å². The highest BCUT2D eigenvalue weighted by Crippen LogP contribution is 2.53. The molecule has 4 rings (SSSR count). The van der Waals surface area contributed by atoms with Crippen molar-refractivity contribution in [1.29, 1.82) is 0 Å². The van der Waals surface area contributed by atoms with Crippen molar-refractivity contribution in [2.24, 2.45) is 0 Å². The minimum atomic E-state index is -1.44. The number of carbonyl (C=O) groups is 3. The Labute approximate surface area is 204 Å². The quantitative estimate of drug-likeness (QED) is 0.503. The number of hydrogen-bond acceptors (Lipinski definition) is 7. The second-order valence-electron chi connectivity index (χ2n) is 7.66. The van der Waals surface area contributed by atoms with Crippen LogP contribution in [-0.2, 0) is 29.5 Å². The van der Waals surface area contributed by atoms with Crippen LogP contribution < -0.4 is 0 Å². The van der Waals surface area contributed by atoms with Crippen molar-refractivity contribution in [2.75, 3.05) is 14.2 Å². The van der Waals surface area contributed by atoms with Crippen LogP contribution in [0.15, 0.2) is 68.6 Å². The molecule has 2 heterocycles. The van der Waals surface area contributed by atoms with E-state index in [0.29, 0.717) is 21.8 Å². The molecule has 1 amide bonds. The maximum atomic E-state index is 13.6. The molecule has 2 aromatic carbocycles. The van der Waals surface area contributed by atoms with Crippen LogP contribution >= 0.6 is 27.7 Å². The predicted molar refractivity (Wildman–Crippen MR) is 125 cm³/mol. The number of methoxy groups -OCH3 is 2. The van der Waals surface area contributed by atoms with Gasteiger partial charge in [-0.3, -0.25) is 19.3 Å². The normalized spacial score (nSPS) is 21.3. The number of rotatable bonds is 6. The summed E-state index contributed by atoms with van der Waals surface area (Å²) in [5, 5.41) is 0.514. The molecule has 7 nitrogen and oxygen atoms in total. The first-order chi connectivity index (χ1) is 15.8. The van der Waals surface area contributed by atoms with Crippen molar-refractivity contribution in [3.05, 3.63) is 74.8 Å². The van der Waals surface area contributed by atoms with Gasteiger partial charge in [0.15, 0.2) is 5.09 Å². The molecular formula is C24H22BrNO6S. The van der Waals surface area contributed by atoms with E-state index in [1.807, 2.05) is 31.2 Å². The number of benzene rings is 2. The first-order valence-corrected chi connectivity index (χ1v) is 11.8. The number of halogens is 1. The Morgan fingerprint density at radius 2 is 1.76 bits per heavy atom. The highest BCUT2D eigenvalue weighted by atomic mass is 79.9. The first kappa shape index (κ1) is 23.4. The molecular weight excluding hydrogens is 510 g/mol. The summed E-state index contributed by atoms with van der Waals surface area (Å²) < 4.78 is 17.3. The summed E-state index contributed by atoms with van der Waals surface area (Å²) >= 11 is 4.92. The van der Waals surface area contributed by atoms with Gasteiger partial charge in [0.2, 0.25) is 5.72 Å². The molecule has 0 saturated heterocycles. The molecule has 0 unspecified atom stereocenters. The number of esters is 2. The van der Waals surface area contributed by atoms with Crippen LogP contribution in [-0.4, -0.2) is 43.0 Å². The molecule has 172 valence electrons. The van der Waals surface area contributed by atoms with Gasteiger partial charge in [-0.2, -0.15) is 0 Å². The summed E-state index contributed by atoms with van der Waals surface area (Å²) in [4.78, 5) is 40.9. The van der Waals surface area contributed by atoms with Gasteiger partial charge in [-0.25, -0.2) is 0 Å². The Morgan fingerprint density at radius 1 is 1.09 bits per heavy atom. The number of thioether (sulfide) groups is 1. The van der Waals surface area contributed by atoms with E-state index in [-0.39, 0.29) is 18.7 Å². The smallest absolute Gasteiger partial charge is 0.312 e. The largest absolute Gasteiger partial charge is 0.469 e. The van der Waals surface area contributed by atoms with Crippen molar-refractivity contribution in [3.8, 4) is 0 Å². The van der Waals surface area contributed by atoms with Gasteiger partial charge >= 0.3 is 11.9 Å². The lowest BCUT2D eigenvalue weighted by Crippen LogP contribution is -2.56. The van der Waals surface area contributed by atoms with Crippen LogP contribution in [0.4, 0.5) is 0 Å². The van der Waals surface area contributed by atoms with E-state index < -0.39 is 23.7 Å². The SMILES string of the molecule is COC(=O)C[C@@H]1C(C)=C(Sc2ccccc2Br)O[C@@]2(CC(=O)OC)c3ccccc3C(=O)N12. The molecule has 0 bridgehead atoms. The van der Waals surface area contributed by atoms with Gasteiger partial charge in [0.05, 0.1) is 26.7 Å². The van der Waals surface area contributed by atoms with Crippen molar-refractivity contribution in [1.82, 2.24) is 4.90 Å². The van der Waals surface area contributed by atoms with Crippen LogP contribution in [0.2, 0.25) is 0 Å². The topological polar surface area (TPSA) is 82.1 Å². The minimum Gasteiger partial charge on any atom is -0.469 e. The van der Waals surface area contributed by atoms with E-state index >= 15 is 0 Å². The molecule has 2 atom stereocenters. The van der Waals surface area contributed by atoms with Gasteiger partial charge in [0.25, 0.3) is 5.91 Å². The van der Waals surface area contributed by atoms with E-state index in [1.165, 1.54) is 30.9 Å². The van der Waals surface area contributed by atoms with Crippen molar-refractivity contribution < 1.29 is 28.6 Å². The number of nitrogens with zero attached hydrogens (tertiary/aromatic N) is 1. The van der Waals surface area contributed by atoms with Crippen molar-refractivity contribution >= 4 is 45.5 Å². The standard InChI is InChI=1S/C24H22BrNO6S/c1-14-18(12-20(27)30-2)26-22(29)15-8-4-5-9-16(15)24(26,13-21(28)31-3)32-23(14)33-19-11-7-6-10-17(19)25/h4-11,18H,12-13H2,1-3H3/t18-,24+/m1/s1. The Morgan fingerprint density at radius 3 is 2.45 bits per heavy atom. The van der Waals surface area contributed by atoms with E-state index in [0.717, 1.165) is 9.37 Å². The van der Waals surface area contributed by atoms with Crippen LogP contribution in [0.25, 0.3) is 0 Å². The second-order valence-corrected chi connectivity index (χ2v) is 9.53. The summed E-state index contributed by atoms with van der Waals surface area (Å²) in [6.45, 7) is 1.82. The summed E-state index contributed by atoms with van der Waals surface area (Å²) in [7, 11) is 2.60. The Kier molecular flexibility index (Phi) is 6.54. The molecule has 0 fully saturated rings.